The molecule has 0 aromatic heterocycles. The number of hydrogen-bond acceptors (Lipinski definition) is 1. The van der Waals surface area contributed by atoms with Gasteiger partial charge in [-0.1, -0.05) is 28.9 Å². The van der Waals surface area contributed by atoms with Gasteiger partial charge in [0.25, 0.3) is 5.91 Å². The van der Waals surface area contributed by atoms with Crippen molar-refractivity contribution in [3.8, 4) is 0 Å². The van der Waals surface area contributed by atoms with Crippen LogP contribution in [0.4, 0.5) is 4.39 Å². The van der Waals surface area contributed by atoms with Crippen LogP contribution in [0.2, 0.25) is 0 Å². The molecule has 1 N–H and O–H groups in total. The van der Waals surface area contributed by atoms with Crippen LogP contribution in [0.15, 0.2) is 18.2 Å². The Bertz CT molecular complexity index is 366. The Labute approximate surface area is 97.0 Å². The first-order chi connectivity index (χ1) is 7.02. The highest BCUT2D eigenvalue weighted by Gasteiger charge is 2.11. The number of alkyl halides is 1. The van der Waals surface area contributed by atoms with Crippen molar-refractivity contribution >= 4 is 21.8 Å². The third-order valence-electron chi connectivity index (χ3n) is 2.06. The lowest BCUT2D eigenvalue weighted by Crippen LogP contribution is -2.29. The van der Waals surface area contributed by atoms with Crippen molar-refractivity contribution in [3.05, 3.63) is 35.1 Å². The summed E-state index contributed by atoms with van der Waals surface area (Å²) in [5.74, 6) is -0.590. The van der Waals surface area contributed by atoms with Crippen molar-refractivity contribution in [2.45, 2.75) is 18.7 Å². The Hall–Kier alpha value is -0.900. The molecule has 1 rings (SSSR count). The molecular weight excluding hydrogens is 261 g/mol. The topological polar surface area (TPSA) is 29.1 Å². The summed E-state index contributed by atoms with van der Waals surface area (Å²) in [6, 6.07) is 4.50. The van der Waals surface area contributed by atoms with Crippen LogP contribution >= 0.6 is 15.9 Å². The van der Waals surface area contributed by atoms with Crippen LogP contribution in [0.3, 0.4) is 0 Å². The molecule has 0 aliphatic heterocycles. The molecule has 0 aliphatic rings. The Morgan fingerprint density at radius 1 is 1.60 bits per heavy atom. The van der Waals surface area contributed by atoms with Gasteiger partial charge >= 0.3 is 0 Å². The van der Waals surface area contributed by atoms with Gasteiger partial charge in [0.1, 0.15) is 5.82 Å². The smallest absolute Gasteiger partial charge is 0.251 e. The van der Waals surface area contributed by atoms with Gasteiger partial charge in [0.05, 0.1) is 0 Å². The zero-order chi connectivity index (χ0) is 11.4. The molecule has 1 atom stereocenters. The fourth-order valence-electron chi connectivity index (χ4n) is 1.18. The monoisotopic (exact) mass is 273 g/mol. The highest BCUT2D eigenvalue weighted by atomic mass is 79.9. The van der Waals surface area contributed by atoms with E-state index in [-0.39, 0.29) is 16.6 Å². The summed E-state index contributed by atoms with van der Waals surface area (Å²) < 4.78 is 13.1. The minimum absolute atomic E-state index is 0.204. The van der Waals surface area contributed by atoms with Crippen LogP contribution in [0, 0.1) is 12.7 Å². The van der Waals surface area contributed by atoms with Gasteiger partial charge in [-0.3, -0.25) is 4.79 Å². The second-order valence-electron chi connectivity index (χ2n) is 3.40. The summed E-state index contributed by atoms with van der Waals surface area (Å²) in [6.45, 7) is 4.05. The van der Waals surface area contributed by atoms with Gasteiger partial charge in [0, 0.05) is 16.9 Å². The van der Waals surface area contributed by atoms with Gasteiger partial charge in [-0.2, -0.15) is 0 Å². The van der Waals surface area contributed by atoms with Crippen molar-refractivity contribution < 1.29 is 9.18 Å². The molecule has 1 unspecified atom stereocenters. The number of hydrogen-bond donors (Lipinski definition) is 1. The third kappa shape index (κ3) is 3.30. The van der Waals surface area contributed by atoms with Crippen LogP contribution in [0.5, 0.6) is 0 Å². The summed E-state index contributed by atoms with van der Waals surface area (Å²) in [6.07, 6.45) is 0. The van der Waals surface area contributed by atoms with E-state index in [0.29, 0.717) is 17.7 Å². The van der Waals surface area contributed by atoms with Crippen molar-refractivity contribution in [3.63, 3.8) is 0 Å². The maximum Gasteiger partial charge on any atom is 0.251 e. The van der Waals surface area contributed by atoms with E-state index in [2.05, 4.69) is 21.2 Å². The molecule has 0 heterocycles. The average Bonchev–Trinajstić information content (AvgIpc) is 2.18. The summed E-state index contributed by atoms with van der Waals surface area (Å²) in [5, 5.41) is 2.71. The summed E-state index contributed by atoms with van der Waals surface area (Å²) in [7, 11) is 0. The lowest BCUT2D eigenvalue weighted by Gasteiger charge is -2.09. The van der Waals surface area contributed by atoms with E-state index >= 15 is 0 Å². The Kier molecular flexibility index (Phi) is 4.27. The number of carbonyl (C=O) groups is 1. The molecule has 1 amide bonds. The molecule has 82 valence electrons. The molecule has 4 heteroatoms. The molecule has 15 heavy (non-hydrogen) atoms. The lowest BCUT2D eigenvalue weighted by atomic mass is 10.1. The number of carbonyl (C=O) groups excluding carboxylic acids is 1. The Morgan fingerprint density at radius 2 is 2.27 bits per heavy atom. The fourth-order valence-corrected chi connectivity index (χ4v) is 1.34. The Morgan fingerprint density at radius 3 is 2.87 bits per heavy atom. The first-order valence-corrected chi connectivity index (χ1v) is 5.61. The first-order valence-electron chi connectivity index (χ1n) is 4.69. The van der Waals surface area contributed by atoms with E-state index in [1.807, 2.05) is 6.92 Å². The predicted octanol–water partition coefficient (Wildman–Crippen LogP) is 2.65. The summed E-state index contributed by atoms with van der Waals surface area (Å²) >= 11 is 3.32. The lowest BCUT2D eigenvalue weighted by molar-refractivity contribution is 0.0953. The molecule has 0 radical (unpaired) electrons. The molecule has 0 saturated heterocycles. The number of nitrogens with one attached hydrogen (secondary N) is 1. The van der Waals surface area contributed by atoms with Crippen LogP contribution in [0.1, 0.15) is 22.8 Å². The van der Waals surface area contributed by atoms with Gasteiger partial charge in [-0.05, 0) is 24.6 Å². The quantitative estimate of drug-likeness (QED) is 0.843. The highest BCUT2D eigenvalue weighted by Crippen LogP contribution is 2.11. The standard InChI is InChI=1S/C11H13BrFNO/c1-7(12)6-14-11(15)9-4-3-5-10(13)8(9)2/h3-5,7H,6H2,1-2H3,(H,14,15). The number of amides is 1. The largest absolute Gasteiger partial charge is 0.351 e. The van der Waals surface area contributed by atoms with E-state index < -0.39 is 0 Å². The van der Waals surface area contributed by atoms with Crippen molar-refractivity contribution in [2.24, 2.45) is 0 Å². The SMILES string of the molecule is Cc1c(F)cccc1C(=O)NCC(C)Br. The summed E-state index contributed by atoms with van der Waals surface area (Å²) in [4.78, 5) is 11.8. The van der Waals surface area contributed by atoms with Crippen LogP contribution in [0.25, 0.3) is 0 Å². The van der Waals surface area contributed by atoms with Gasteiger partial charge in [0.15, 0.2) is 0 Å². The first kappa shape index (κ1) is 12.2. The van der Waals surface area contributed by atoms with E-state index in [1.165, 1.54) is 12.1 Å². The van der Waals surface area contributed by atoms with Crippen molar-refractivity contribution in [1.29, 1.82) is 0 Å². The molecule has 0 aliphatic carbocycles. The molecule has 0 spiro atoms. The van der Waals surface area contributed by atoms with Gasteiger partial charge in [-0.15, -0.1) is 0 Å². The maximum atomic E-state index is 13.1. The average molecular weight is 274 g/mol. The minimum Gasteiger partial charge on any atom is -0.351 e. The van der Waals surface area contributed by atoms with Gasteiger partial charge < -0.3 is 5.32 Å². The molecule has 0 saturated carbocycles. The van der Waals surface area contributed by atoms with Crippen molar-refractivity contribution in [2.75, 3.05) is 6.54 Å². The molecule has 1 aromatic carbocycles. The Balaban J connectivity index is 2.78. The molecule has 2 nitrogen and oxygen atoms in total. The number of benzene rings is 1. The van der Waals surface area contributed by atoms with Crippen LogP contribution in [-0.2, 0) is 0 Å². The summed E-state index contributed by atoms with van der Waals surface area (Å²) in [5.41, 5.74) is 0.778. The minimum atomic E-state index is -0.352. The normalized spacial score (nSPS) is 12.3. The molecule has 1 aromatic rings. The number of rotatable bonds is 3. The second kappa shape index (κ2) is 5.26. The molecule has 0 fully saturated rings. The van der Waals surface area contributed by atoms with E-state index in [1.54, 1.807) is 13.0 Å². The third-order valence-corrected chi connectivity index (χ3v) is 2.38. The zero-order valence-corrected chi connectivity index (χ0v) is 10.3. The van der Waals surface area contributed by atoms with Crippen molar-refractivity contribution in [1.82, 2.24) is 5.32 Å². The van der Waals surface area contributed by atoms with Gasteiger partial charge in [0.2, 0.25) is 0 Å². The second-order valence-corrected chi connectivity index (χ2v) is 4.97. The van der Waals surface area contributed by atoms with Crippen LogP contribution in [-0.4, -0.2) is 17.3 Å². The van der Waals surface area contributed by atoms with E-state index in [4.69, 9.17) is 0 Å². The van der Waals surface area contributed by atoms with E-state index in [0.717, 1.165) is 0 Å². The van der Waals surface area contributed by atoms with E-state index in [9.17, 15) is 9.18 Å². The fraction of sp³-hybridized carbons (Fsp3) is 0.364. The number of halogens is 2. The zero-order valence-electron chi connectivity index (χ0n) is 8.68. The molecule has 0 bridgehead atoms. The van der Waals surface area contributed by atoms with Gasteiger partial charge in [-0.25, -0.2) is 4.39 Å². The highest BCUT2D eigenvalue weighted by molar-refractivity contribution is 9.09. The maximum absolute atomic E-state index is 13.1. The predicted molar refractivity (Wildman–Crippen MR) is 61.9 cm³/mol. The molecular formula is C11H13BrFNO. The van der Waals surface area contributed by atoms with Crippen LogP contribution < -0.4 is 5.32 Å².